The highest BCUT2D eigenvalue weighted by atomic mass is 16.5. The van der Waals surface area contributed by atoms with E-state index in [1.54, 1.807) is 6.07 Å². The Labute approximate surface area is 135 Å². The summed E-state index contributed by atoms with van der Waals surface area (Å²) in [6.07, 6.45) is 3.59. The first kappa shape index (κ1) is 15.6. The highest BCUT2D eigenvalue weighted by Gasteiger charge is 2.27. The van der Waals surface area contributed by atoms with Crippen molar-refractivity contribution in [1.82, 2.24) is 20.0 Å². The molecule has 0 saturated carbocycles. The Kier molecular flexibility index (Phi) is 4.38. The number of aryl methyl sites for hydroxylation is 2. The number of hydrogen-bond donors (Lipinski definition) is 1. The predicted molar refractivity (Wildman–Crippen MR) is 84.9 cm³/mol. The van der Waals surface area contributed by atoms with E-state index in [-0.39, 0.29) is 11.9 Å². The Hall–Kier alpha value is -2.28. The number of nitrogens with one attached hydrogen (secondary N) is 1. The van der Waals surface area contributed by atoms with Gasteiger partial charge in [0.2, 0.25) is 11.8 Å². The number of fused-ring (bicyclic) bond motifs is 1. The molecule has 1 atom stereocenters. The minimum atomic E-state index is -0.270. The molecule has 0 radical (unpaired) electrons. The molecule has 23 heavy (non-hydrogen) atoms. The molecule has 3 rings (SSSR count). The minimum absolute atomic E-state index is 0.102. The largest absolute Gasteiger partial charge is 0.338 e. The average molecular weight is 315 g/mol. The van der Waals surface area contributed by atoms with E-state index in [9.17, 15) is 4.79 Å². The van der Waals surface area contributed by atoms with Gasteiger partial charge in [-0.15, -0.1) is 0 Å². The number of carbonyl (C=O) groups is 1. The lowest BCUT2D eigenvalue weighted by Gasteiger charge is -2.31. The molecule has 0 bridgehead atoms. The van der Waals surface area contributed by atoms with Crippen molar-refractivity contribution < 1.29 is 9.32 Å². The third-order valence-corrected chi connectivity index (χ3v) is 4.14. The molecule has 7 heteroatoms. The summed E-state index contributed by atoms with van der Waals surface area (Å²) >= 11 is 0. The molecule has 2 aromatic heterocycles. The van der Waals surface area contributed by atoms with E-state index in [0.717, 1.165) is 36.6 Å². The van der Waals surface area contributed by atoms with Crippen molar-refractivity contribution >= 4 is 11.8 Å². The summed E-state index contributed by atoms with van der Waals surface area (Å²) in [7, 11) is 0. The topological polar surface area (TPSA) is 84.2 Å². The summed E-state index contributed by atoms with van der Waals surface area (Å²) < 4.78 is 5.04. The van der Waals surface area contributed by atoms with E-state index in [4.69, 9.17) is 4.52 Å². The van der Waals surface area contributed by atoms with Gasteiger partial charge >= 0.3 is 0 Å². The van der Waals surface area contributed by atoms with E-state index in [0.29, 0.717) is 12.4 Å². The van der Waals surface area contributed by atoms with Crippen LogP contribution in [0.25, 0.3) is 0 Å². The van der Waals surface area contributed by atoms with E-state index < -0.39 is 0 Å². The van der Waals surface area contributed by atoms with Crippen LogP contribution in [0.5, 0.6) is 0 Å². The van der Waals surface area contributed by atoms with Crippen LogP contribution < -0.4 is 5.32 Å². The third kappa shape index (κ3) is 3.39. The molecule has 0 aliphatic carbocycles. The molecule has 1 N–H and O–H groups in total. The van der Waals surface area contributed by atoms with Crippen LogP contribution in [-0.4, -0.2) is 38.5 Å². The zero-order chi connectivity index (χ0) is 16.4. The van der Waals surface area contributed by atoms with E-state index in [2.05, 4.69) is 25.3 Å². The minimum Gasteiger partial charge on any atom is -0.338 e. The second-order valence-electron chi connectivity index (χ2n) is 5.83. The number of rotatable bonds is 4. The lowest BCUT2D eigenvalue weighted by atomic mass is 10.0. The van der Waals surface area contributed by atoms with Crippen LogP contribution in [0.4, 0.5) is 5.88 Å². The average Bonchev–Trinajstić information content (AvgIpc) is 2.97. The van der Waals surface area contributed by atoms with Crippen LogP contribution >= 0.6 is 0 Å². The van der Waals surface area contributed by atoms with Crippen LogP contribution in [0, 0.1) is 6.92 Å². The molecule has 1 amide bonds. The Morgan fingerprint density at radius 2 is 2.35 bits per heavy atom. The van der Waals surface area contributed by atoms with Gasteiger partial charge in [0.15, 0.2) is 0 Å². The second kappa shape index (κ2) is 6.45. The second-order valence-corrected chi connectivity index (χ2v) is 5.83. The van der Waals surface area contributed by atoms with Crippen molar-refractivity contribution in [3.05, 3.63) is 35.0 Å². The number of carbonyl (C=O) groups excluding carboxylic acids is 1. The van der Waals surface area contributed by atoms with Crippen molar-refractivity contribution in [2.75, 3.05) is 11.9 Å². The van der Waals surface area contributed by atoms with E-state index >= 15 is 0 Å². The van der Waals surface area contributed by atoms with Gasteiger partial charge in [-0.2, -0.15) is 0 Å². The van der Waals surface area contributed by atoms with Crippen molar-refractivity contribution in [2.24, 2.45) is 0 Å². The van der Waals surface area contributed by atoms with Gasteiger partial charge in [0.1, 0.15) is 5.82 Å². The maximum absolute atomic E-state index is 12.4. The maximum Gasteiger partial charge on any atom is 0.243 e. The quantitative estimate of drug-likeness (QED) is 0.925. The molecular formula is C16H21N5O2. The molecular weight excluding hydrogens is 294 g/mol. The lowest BCUT2D eigenvalue weighted by Crippen LogP contribution is -2.44. The molecule has 0 fully saturated rings. The molecule has 0 spiro atoms. The van der Waals surface area contributed by atoms with Crippen LogP contribution in [0.15, 0.2) is 16.8 Å². The summed E-state index contributed by atoms with van der Waals surface area (Å²) in [6.45, 7) is 7.22. The van der Waals surface area contributed by atoms with Crippen molar-refractivity contribution in [3.8, 4) is 0 Å². The van der Waals surface area contributed by atoms with Crippen molar-refractivity contribution in [1.29, 1.82) is 0 Å². The fraction of sp³-hybridized carbons (Fsp3) is 0.500. The summed E-state index contributed by atoms with van der Waals surface area (Å²) in [5, 5.41) is 6.53. The fourth-order valence-corrected chi connectivity index (χ4v) is 2.68. The predicted octanol–water partition coefficient (Wildman–Crippen LogP) is 1.72. The van der Waals surface area contributed by atoms with Gasteiger partial charge in [-0.1, -0.05) is 12.1 Å². The molecule has 1 aliphatic heterocycles. The maximum atomic E-state index is 12.4. The molecule has 122 valence electrons. The number of aromatic nitrogens is 3. The van der Waals surface area contributed by atoms with Gasteiger partial charge in [-0.3, -0.25) is 15.0 Å². The first-order chi connectivity index (χ1) is 11.1. The zero-order valence-electron chi connectivity index (χ0n) is 13.7. The van der Waals surface area contributed by atoms with Crippen LogP contribution in [-0.2, 0) is 24.2 Å². The number of anilines is 1. The Morgan fingerprint density at radius 1 is 1.52 bits per heavy atom. The van der Waals surface area contributed by atoms with Gasteiger partial charge in [0, 0.05) is 31.8 Å². The smallest absolute Gasteiger partial charge is 0.243 e. The molecule has 0 saturated heterocycles. The highest BCUT2D eigenvalue weighted by Crippen LogP contribution is 2.19. The van der Waals surface area contributed by atoms with Gasteiger partial charge in [0.25, 0.3) is 0 Å². The Balaban J connectivity index is 1.68. The van der Waals surface area contributed by atoms with Gasteiger partial charge < -0.3 is 4.52 Å². The van der Waals surface area contributed by atoms with Crippen LogP contribution in [0.1, 0.15) is 36.6 Å². The summed E-state index contributed by atoms with van der Waals surface area (Å²) in [5.74, 6) is 1.13. The van der Waals surface area contributed by atoms with Gasteiger partial charge in [-0.25, -0.2) is 9.97 Å². The third-order valence-electron chi connectivity index (χ3n) is 4.14. The van der Waals surface area contributed by atoms with Crippen LogP contribution in [0.3, 0.4) is 0 Å². The van der Waals surface area contributed by atoms with Crippen molar-refractivity contribution in [2.45, 2.75) is 46.2 Å². The fourth-order valence-electron chi connectivity index (χ4n) is 2.68. The monoisotopic (exact) mass is 315 g/mol. The van der Waals surface area contributed by atoms with E-state index in [1.165, 1.54) is 5.56 Å². The highest BCUT2D eigenvalue weighted by molar-refractivity contribution is 5.93. The van der Waals surface area contributed by atoms with Crippen molar-refractivity contribution in [3.63, 3.8) is 0 Å². The Morgan fingerprint density at radius 3 is 3.04 bits per heavy atom. The Bertz CT molecular complexity index is 712. The number of amides is 1. The molecule has 2 aromatic rings. The molecule has 7 nitrogen and oxygen atoms in total. The van der Waals surface area contributed by atoms with Gasteiger partial charge in [-0.05, 0) is 25.8 Å². The first-order valence-electron chi connectivity index (χ1n) is 7.88. The summed E-state index contributed by atoms with van der Waals surface area (Å²) in [6, 6.07) is 1.44. The van der Waals surface area contributed by atoms with E-state index in [1.807, 2.05) is 27.0 Å². The standard InChI is InChI=1S/C16H21N5O2/c1-4-14-17-8-12-5-6-21(9-13(12)18-14)11(3)16(22)19-15-7-10(2)20-23-15/h7-8,11H,4-6,9H2,1-3H3,(H,19,22). The molecule has 1 unspecified atom stereocenters. The lowest BCUT2D eigenvalue weighted by molar-refractivity contribution is -0.121. The molecule has 3 heterocycles. The molecule has 1 aliphatic rings. The number of nitrogens with zero attached hydrogens (tertiary/aromatic N) is 4. The summed E-state index contributed by atoms with van der Waals surface area (Å²) in [4.78, 5) is 23.4. The first-order valence-corrected chi connectivity index (χ1v) is 7.88. The SMILES string of the molecule is CCc1ncc2c(n1)CN(C(C)C(=O)Nc1cc(C)no1)CC2. The normalized spacial score (nSPS) is 16.0. The van der Waals surface area contributed by atoms with Gasteiger partial charge in [0.05, 0.1) is 17.4 Å². The van der Waals surface area contributed by atoms with Crippen LogP contribution in [0.2, 0.25) is 0 Å². The molecule has 0 aromatic carbocycles. The number of hydrogen-bond acceptors (Lipinski definition) is 6. The summed E-state index contributed by atoms with van der Waals surface area (Å²) in [5.41, 5.74) is 2.94. The zero-order valence-corrected chi connectivity index (χ0v) is 13.7.